The molecule has 3 heteroatoms. The zero-order valence-corrected chi connectivity index (χ0v) is 7.88. The molecule has 0 N–H and O–H groups in total. The lowest BCUT2D eigenvalue weighted by Crippen LogP contribution is -2.43. The van der Waals surface area contributed by atoms with Crippen LogP contribution < -0.4 is 0 Å². The Morgan fingerprint density at radius 3 is 3.08 bits per heavy atom. The maximum absolute atomic E-state index is 5.49. The molecule has 0 spiro atoms. The molecule has 0 aromatic rings. The van der Waals surface area contributed by atoms with E-state index in [4.69, 9.17) is 9.47 Å². The van der Waals surface area contributed by atoms with Gasteiger partial charge in [-0.1, -0.05) is 6.58 Å². The minimum atomic E-state index is 0.209. The second-order valence-corrected chi connectivity index (χ2v) is 3.13. The fraction of sp³-hybridized carbons (Fsp3) is 0.778. The molecule has 1 heterocycles. The Balaban J connectivity index is 2.35. The SMILES string of the molecule is C=C(C)N1CCOC(COC)C1. The lowest BCUT2D eigenvalue weighted by molar-refractivity contribution is -0.0519. The zero-order chi connectivity index (χ0) is 8.97. The highest BCUT2D eigenvalue weighted by Crippen LogP contribution is 2.09. The monoisotopic (exact) mass is 171 g/mol. The third-order valence-corrected chi connectivity index (χ3v) is 2.03. The van der Waals surface area contributed by atoms with Crippen LogP contribution in [0.1, 0.15) is 6.92 Å². The van der Waals surface area contributed by atoms with Crippen molar-refractivity contribution in [1.82, 2.24) is 4.90 Å². The van der Waals surface area contributed by atoms with Gasteiger partial charge in [-0.15, -0.1) is 0 Å². The first-order valence-corrected chi connectivity index (χ1v) is 4.25. The Morgan fingerprint density at radius 1 is 1.75 bits per heavy atom. The van der Waals surface area contributed by atoms with Crippen LogP contribution in [-0.4, -0.2) is 44.4 Å². The number of allylic oxidation sites excluding steroid dienone is 1. The van der Waals surface area contributed by atoms with E-state index in [1.165, 1.54) is 0 Å². The average Bonchev–Trinajstić information content (AvgIpc) is 2.05. The van der Waals surface area contributed by atoms with Crippen molar-refractivity contribution in [2.24, 2.45) is 0 Å². The number of rotatable bonds is 3. The Morgan fingerprint density at radius 2 is 2.50 bits per heavy atom. The van der Waals surface area contributed by atoms with Crippen LogP contribution in [0.25, 0.3) is 0 Å². The number of morpholine rings is 1. The van der Waals surface area contributed by atoms with Crippen LogP contribution in [-0.2, 0) is 9.47 Å². The van der Waals surface area contributed by atoms with Crippen LogP contribution in [0.4, 0.5) is 0 Å². The van der Waals surface area contributed by atoms with Crippen LogP contribution in [0.2, 0.25) is 0 Å². The fourth-order valence-electron chi connectivity index (χ4n) is 1.35. The molecule has 1 unspecified atom stereocenters. The maximum atomic E-state index is 5.49. The predicted octanol–water partition coefficient (Wildman–Crippen LogP) is 0.867. The van der Waals surface area contributed by atoms with Gasteiger partial charge in [0.05, 0.1) is 19.3 Å². The molecule has 1 aliphatic heterocycles. The summed E-state index contributed by atoms with van der Waals surface area (Å²) in [6.07, 6.45) is 0.209. The number of hydrogen-bond donors (Lipinski definition) is 0. The second kappa shape index (κ2) is 4.48. The summed E-state index contributed by atoms with van der Waals surface area (Å²) in [4.78, 5) is 2.23. The first-order chi connectivity index (χ1) is 5.74. The molecule has 12 heavy (non-hydrogen) atoms. The van der Waals surface area contributed by atoms with Gasteiger partial charge in [-0.05, 0) is 6.92 Å². The third-order valence-electron chi connectivity index (χ3n) is 2.03. The minimum absolute atomic E-state index is 0.209. The van der Waals surface area contributed by atoms with Crippen molar-refractivity contribution < 1.29 is 9.47 Å². The lowest BCUT2D eigenvalue weighted by Gasteiger charge is -2.34. The minimum Gasteiger partial charge on any atom is -0.382 e. The zero-order valence-electron chi connectivity index (χ0n) is 7.88. The van der Waals surface area contributed by atoms with Crippen molar-refractivity contribution in [1.29, 1.82) is 0 Å². The van der Waals surface area contributed by atoms with Crippen molar-refractivity contribution >= 4 is 0 Å². The van der Waals surface area contributed by atoms with E-state index in [9.17, 15) is 0 Å². The standard InChI is InChI=1S/C9H17NO2/c1-8(2)10-4-5-12-9(6-10)7-11-3/h9H,1,4-7H2,2-3H3. The fourth-order valence-corrected chi connectivity index (χ4v) is 1.35. The number of ether oxygens (including phenoxy) is 2. The van der Waals surface area contributed by atoms with E-state index in [1.54, 1.807) is 7.11 Å². The molecule has 70 valence electrons. The summed E-state index contributed by atoms with van der Waals surface area (Å²) < 4.78 is 10.5. The van der Waals surface area contributed by atoms with Crippen molar-refractivity contribution in [2.75, 3.05) is 33.4 Å². The highest BCUT2D eigenvalue weighted by Gasteiger charge is 2.19. The van der Waals surface area contributed by atoms with Crippen LogP contribution >= 0.6 is 0 Å². The molecule has 0 aromatic heterocycles. The van der Waals surface area contributed by atoms with E-state index in [0.29, 0.717) is 6.61 Å². The Labute approximate surface area is 74.0 Å². The van der Waals surface area contributed by atoms with Crippen LogP contribution in [0, 0.1) is 0 Å². The molecule has 1 aliphatic rings. The molecule has 0 aromatic carbocycles. The molecule has 1 saturated heterocycles. The van der Waals surface area contributed by atoms with Gasteiger partial charge in [0.15, 0.2) is 0 Å². The van der Waals surface area contributed by atoms with Crippen molar-refractivity contribution in [3.63, 3.8) is 0 Å². The maximum Gasteiger partial charge on any atom is 0.0983 e. The van der Waals surface area contributed by atoms with E-state index in [1.807, 2.05) is 6.92 Å². The molecular formula is C9H17NO2. The Bertz CT molecular complexity index is 157. The van der Waals surface area contributed by atoms with Crippen LogP contribution in [0.5, 0.6) is 0 Å². The molecule has 1 rings (SSSR count). The highest BCUT2D eigenvalue weighted by atomic mass is 16.5. The van der Waals surface area contributed by atoms with Crippen LogP contribution in [0.3, 0.4) is 0 Å². The molecule has 0 amide bonds. The number of nitrogens with zero attached hydrogens (tertiary/aromatic N) is 1. The van der Waals surface area contributed by atoms with E-state index < -0.39 is 0 Å². The molecule has 1 fully saturated rings. The van der Waals surface area contributed by atoms with Gasteiger partial charge in [0, 0.05) is 25.9 Å². The van der Waals surface area contributed by atoms with Crippen molar-refractivity contribution in [3.8, 4) is 0 Å². The van der Waals surface area contributed by atoms with Crippen molar-refractivity contribution in [2.45, 2.75) is 13.0 Å². The van der Waals surface area contributed by atoms with Crippen LogP contribution in [0.15, 0.2) is 12.3 Å². The first kappa shape index (κ1) is 9.55. The highest BCUT2D eigenvalue weighted by molar-refractivity contribution is 4.91. The second-order valence-electron chi connectivity index (χ2n) is 3.13. The third kappa shape index (κ3) is 2.50. The molecule has 1 atom stereocenters. The summed E-state index contributed by atoms with van der Waals surface area (Å²) in [5.41, 5.74) is 1.11. The van der Waals surface area contributed by atoms with E-state index >= 15 is 0 Å². The van der Waals surface area contributed by atoms with E-state index in [0.717, 1.165) is 25.4 Å². The molecular weight excluding hydrogens is 154 g/mol. The Hall–Kier alpha value is -0.540. The quantitative estimate of drug-likeness (QED) is 0.629. The van der Waals surface area contributed by atoms with Gasteiger partial charge in [-0.25, -0.2) is 0 Å². The summed E-state index contributed by atoms with van der Waals surface area (Å²) in [5.74, 6) is 0. The van der Waals surface area contributed by atoms with Gasteiger partial charge in [0.25, 0.3) is 0 Å². The van der Waals surface area contributed by atoms with Gasteiger partial charge < -0.3 is 14.4 Å². The molecule has 0 aliphatic carbocycles. The molecule has 0 radical (unpaired) electrons. The van der Waals surface area contributed by atoms with E-state index in [2.05, 4.69) is 11.5 Å². The van der Waals surface area contributed by atoms with Gasteiger partial charge in [0.1, 0.15) is 0 Å². The van der Waals surface area contributed by atoms with E-state index in [-0.39, 0.29) is 6.10 Å². The average molecular weight is 171 g/mol. The largest absolute Gasteiger partial charge is 0.382 e. The topological polar surface area (TPSA) is 21.7 Å². The molecule has 0 saturated carbocycles. The summed E-state index contributed by atoms with van der Waals surface area (Å²) in [7, 11) is 1.70. The van der Waals surface area contributed by atoms with Gasteiger partial charge in [0.2, 0.25) is 0 Å². The normalized spacial score (nSPS) is 24.2. The van der Waals surface area contributed by atoms with Gasteiger partial charge in [-0.2, -0.15) is 0 Å². The lowest BCUT2D eigenvalue weighted by atomic mass is 10.2. The summed E-state index contributed by atoms with van der Waals surface area (Å²) in [6.45, 7) is 9.23. The smallest absolute Gasteiger partial charge is 0.0983 e. The summed E-state index contributed by atoms with van der Waals surface area (Å²) >= 11 is 0. The number of hydrogen-bond acceptors (Lipinski definition) is 3. The van der Waals surface area contributed by atoms with Gasteiger partial charge in [-0.3, -0.25) is 0 Å². The van der Waals surface area contributed by atoms with Gasteiger partial charge >= 0.3 is 0 Å². The van der Waals surface area contributed by atoms with Crippen molar-refractivity contribution in [3.05, 3.63) is 12.3 Å². The predicted molar refractivity (Wildman–Crippen MR) is 48.0 cm³/mol. The first-order valence-electron chi connectivity index (χ1n) is 4.25. The molecule has 0 bridgehead atoms. The molecule has 3 nitrogen and oxygen atoms in total. The number of methoxy groups -OCH3 is 1. The summed E-state index contributed by atoms with van der Waals surface area (Å²) in [5, 5.41) is 0. The Kier molecular flexibility index (Phi) is 3.56. The summed E-state index contributed by atoms with van der Waals surface area (Å²) in [6, 6.07) is 0.